The number of hydrogen-bond acceptors (Lipinski definition) is 2. The Hall–Kier alpha value is -2.35. The molecule has 0 unspecified atom stereocenters. The predicted molar refractivity (Wildman–Crippen MR) is 139 cm³/mol. The SMILES string of the molecule is CCCCCc1ccc(OC(=O)c2ccc(CCC=CC3CCC(CCC)CC3)cc2)cc1. The highest BCUT2D eigenvalue weighted by Gasteiger charge is 2.18. The van der Waals surface area contributed by atoms with Crippen molar-refractivity contribution in [2.75, 3.05) is 0 Å². The van der Waals surface area contributed by atoms with Gasteiger partial charge in [0.1, 0.15) is 5.75 Å². The fourth-order valence-electron chi connectivity index (χ4n) is 4.89. The fourth-order valence-corrected chi connectivity index (χ4v) is 4.89. The second-order valence-corrected chi connectivity index (χ2v) is 9.72. The lowest BCUT2D eigenvalue weighted by Crippen LogP contribution is -2.12. The van der Waals surface area contributed by atoms with E-state index in [0.29, 0.717) is 11.3 Å². The van der Waals surface area contributed by atoms with E-state index in [1.54, 1.807) is 0 Å². The lowest BCUT2D eigenvalue weighted by molar-refractivity contribution is 0.0734. The molecular weight excluding hydrogens is 404 g/mol. The number of benzene rings is 2. The smallest absolute Gasteiger partial charge is 0.343 e. The molecule has 0 aliphatic heterocycles. The minimum absolute atomic E-state index is 0.293. The second kappa shape index (κ2) is 14.0. The van der Waals surface area contributed by atoms with Crippen LogP contribution in [-0.2, 0) is 12.8 Å². The topological polar surface area (TPSA) is 26.3 Å². The van der Waals surface area contributed by atoms with Crippen LogP contribution >= 0.6 is 0 Å². The Bertz CT molecular complexity index is 839. The molecular formula is C31H42O2. The van der Waals surface area contributed by atoms with E-state index in [4.69, 9.17) is 4.74 Å². The molecule has 1 saturated carbocycles. The molecule has 2 nitrogen and oxygen atoms in total. The Balaban J connectivity index is 1.39. The van der Waals surface area contributed by atoms with Gasteiger partial charge in [-0.3, -0.25) is 0 Å². The van der Waals surface area contributed by atoms with Gasteiger partial charge < -0.3 is 4.74 Å². The highest BCUT2D eigenvalue weighted by molar-refractivity contribution is 5.91. The summed E-state index contributed by atoms with van der Waals surface area (Å²) in [6.07, 6.45) is 19.9. The summed E-state index contributed by atoms with van der Waals surface area (Å²) in [6, 6.07) is 15.8. The average molecular weight is 447 g/mol. The van der Waals surface area contributed by atoms with Crippen LogP contribution in [-0.4, -0.2) is 5.97 Å². The molecule has 0 bridgehead atoms. The molecule has 2 heteroatoms. The van der Waals surface area contributed by atoms with Crippen LogP contribution in [0.25, 0.3) is 0 Å². The van der Waals surface area contributed by atoms with Gasteiger partial charge in [0.2, 0.25) is 0 Å². The van der Waals surface area contributed by atoms with Gasteiger partial charge in [-0.2, -0.15) is 0 Å². The van der Waals surface area contributed by atoms with Crippen LogP contribution in [0.3, 0.4) is 0 Å². The first kappa shape index (κ1) is 25.3. The van der Waals surface area contributed by atoms with Crippen LogP contribution < -0.4 is 4.74 Å². The molecule has 0 N–H and O–H groups in total. The predicted octanol–water partition coefficient (Wildman–Crippen LogP) is 8.73. The van der Waals surface area contributed by atoms with Crippen LogP contribution in [0.15, 0.2) is 60.7 Å². The first-order valence-corrected chi connectivity index (χ1v) is 13.2. The number of aryl methyl sites for hydroxylation is 2. The monoisotopic (exact) mass is 446 g/mol. The quantitative estimate of drug-likeness (QED) is 0.141. The molecule has 0 radical (unpaired) electrons. The third-order valence-electron chi connectivity index (χ3n) is 6.99. The highest BCUT2D eigenvalue weighted by Crippen LogP contribution is 2.32. The summed E-state index contributed by atoms with van der Waals surface area (Å²) in [7, 11) is 0. The van der Waals surface area contributed by atoms with E-state index in [9.17, 15) is 4.79 Å². The number of ether oxygens (including phenoxy) is 1. The largest absolute Gasteiger partial charge is 0.423 e. The molecule has 2 aromatic carbocycles. The van der Waals surface area contributed by atoms with Crippen molar-refractivity contribution in [2.24, 2.45) is 11.8 Å². The molecule has 2 aromatic rings. The minimum Gasteiger partial charge on any atom is -0.423 e. The van der Waals surface area contributed by atoms with E-state index < -0.39 is 0 Å². The zero-order valence-electron chi connectivity index (χ0n) is 20.7. The first-order chi connectivity index (χ1) is 16.2. The summed E-state index contributed by atoms with van der Waals surface area (Å²) in [5.74, 6) is 2.07. The molecule has 0 saturated heterocycles. The van der Waals surface area contributed by atoms with Gasteiger partial charge in [0, 0.05) is 0 Å². The number of unbranched alkanes of at least 4 members (excludes halogenated alkanes) is 2. The van der Waals surface area contributed by atoms with Gasteiger partial charge in [-0.05, 0) is 98.6 Å². The molecule has 0 aromatic heterocycles. The maximum absolute atomic E-state index is 12.5. The molecule has 33 heavy (non-hydrogen) atoms. The van der Waals surface area contributed by atoms with Gasteiger partial charge in [0.25, 0.3) is 0 Å². The third-order valence-corrected chi connectivity index (χ3v) is 6.99. The molecule has 0 amide bonds. The maximum atomic E-state index is 12.5. The van der Waals surface area contributed by atoms with Gasteiger partial charge in [0.15, 0.2) is 0 Å². The molecule has 1 aliphatic carbocycles. The van der Waals surface area contributed by atoms with Crippen molar-refractivity contribution in [1.82, 2.24) is 0 Å². The summed E-state index contributed by atoms with van der Waals surface area (Å²) in [5.41, 5.74) is 3.16. The maximum Gasteiger partial charge on any atom is 0.343 e. The number of rotatable bonds is 12. The first-order valence-electron chi connectivity index (χ1n) is 13.2. The van der Waals surface area contributed by atoms with E-state index >= 15 is 0 Å². The molecule has 0 atom stereocenters. The van der Waals surface area contributed by atoms with Crippen molar-refractivity contribution in [2.45, 2.75) is 90.9 Å². The van der Waals surface area contributed by atoms with E-state index in [-0.39, 0.29) is 5.97 Å². The Morgan fingerprint density at radius 1 is 0.848 bits per heavy atom. The van der Waals surface area contributed by atoms with E-state index in [1.165, 1.54) is 68.9 Å². The van der Waals surface area contributed by atoms with Crippen LogP contribution in [0, 0.1) is 11.8 Å². The molecule has 1 aliphatic rings. The van der Waals surface area contributed by atoms with Gasteiger partial charge in [-0.1, -0.05) is 75.9 Å². The van der Waals surface area contributed by atoms with Gasteiger partial charge >= 0.3 is 5.97 Å². The summed E-state index contributed by atoms with van der Waals surface area (Å²) in [6.45, 7) is 4.52. The zero-order valence-corrected chi connectivity index (χ0v) is 20.7. The van der Waals surface area contributed by atoms with Crippen molar-refractivity contribution in [3.63, 3.8) is 0 Å². The summed E-state index contributed by atoms with van der Waals surface area (Å²) < 4.78 is 5.56. The Labute approximate surface area is 201 Å². The van der Waals surface area contributed by atoms with Crippen molar-refractivity contribution < 1.29 is 9.53 Å². The Morgan fingerprint density at radius 3 is 2.18 bits per heavy atom. The second-order valence-electron chi connectivity index (χ2n) is 9.72. The number of esters is 1. The molecule has 3 rings (SSSR count). The van der Waals surface area contributed by atoms with Crippen LogP contribution in [0.4, 0.5) is 0 Å². The number of hydrogen-bond donors (Lipinski definition) is 0. The molecule has 1 fully saturated rings. The Morgan fingerprint density at radius 2 is 1.52 bits per heavy atom. The highest BCUT2D eigenvalue weighted by atomic mass is 16.5. The summed E-state index contributed by atoms with van der Waals surface area (Å²) in [4.78, 5) is 12.5. The van der Waals surface area contributed by atoms with Crippen molar-refractivity contribution in [3.8, 4) is 5.75 Å². The normalized spacial score (nSPS) is 18.5. The third kappa shape index (κ3) is 8.84. The van der Waals surface area contributed by atoms with Crippen LogP contribution in [0.1, 0.15) is 99.5 Å². The summed E-state index contributed by atoms with van der Waals surface area (Å²) in [5, 5.41) is 0. The standard InChI is InChI=1S/C31H42O2/c1-3-5-6-10-28-19-23-30(24-20-28)33-31(32)29-21-17-27(18-22-29)12-8-7-11-26-15-13-25(9-4-2)14-16-26/h7,11,17-26H,3-6,8-10,12-16H2,1-2H3. The average Bonchev–Trinajstić information content (AvgIpc) is 2.84. The zero-order chi connectivity index (χ0) is 23.3. The van der Waals surface area contributed by atoms with Gasteiger partial charge in [-0.25, -0.2) is 4.79 Å². The number of carbonyl (C=O) groups excluding carboxylic acids is 1. The molecule has 178 valence electrons. The molecule has 0 spiro atoms. The van der Waals surface area contributed by atoms with E-state index in [1.807, 2.05) is 24.3 Å². The van der Waals surface area contributed by atoms with Crippen molar-refractivity contribution in [3.05, 3.63) is 77.4 Å². The fraction of sp³-hybridized carbons (Fsp3) is 0.516. The lowest BCUT2D eigenvalue weighted by atomic mass is 9.80. The van der Waals surface area contributed by atoms with Gasteiger partial charge in [0.05, 0.1) is 5.56 Å². The van der Waals surface area contributed by atoms with Crippen LogP contribution in [0.2, 0.25) is 0 Å². The molecule has 0 heterocycles. The number of carbonyl (C=O) groups is 1. The minimum atomic E-state index is -0.293. The van der Waals surface area contributed by atoms with Crippen molar-refractivity contribution in [1.29, 1.82) is 0 Å². The Kier molecular flexibility index (Phi) is 10.7. The van der Waals surface area contributed by atoms with E-state index in [0.717, 1.165) is 31.1 Å². The van der Waals surface area contributed by atoms with Gasteiger partial charge in [-0.15, -0.1) is 0 Å². The lowest BCUT2D eigenvalue weighted by Gasteiger charge is -2.26. The van der Waals surface area contributed by atoms with Crippen molar-refractivity contribution >= 4 is 5.97 Å². The number of allylic oxidation sites excluding steroid dienone is 2. The van der Waals surface area contributed by atoms with E-state index in [2.05, 4.69) is 50.3 Å². The summed E-state index contributed by atoms with van der Waals surface area (Å²) >= 11 is 0. The van der Waals surface area contributed by atoms with Crippen LogP contribution in [0.5, 0.6) is 5.75 Å².